The Morgan fingerprint density at radius 3 is 2.62 bits per heavy atom. The Morgan fingerprint density at radius 1 is 1.31 bits per heavy atom. The Bertz CT molecular complexity index is 543. The minimum atomic E-state index is 0.395. The van der Waals surface area contributed by atoms with Crippen LogP contribution in [0.4, 0.5) is 0 Å². The van der Waals surface area contributed by atoms with E-state index in [1.54, 1.807) is 4.68 Å². The molecule has 0 aliphatic rings. The summed E-state index contributed by atoms with van der Waals surface area (Å²) in [6, 6.07) is 7.93. The summed E-state index contributed by atoms with van der Waals surface area (Å²) < 4.78 is 1.79. The highest BCUT2D eigenvalue weighted by atomic mass is 32.1. The van der Waals surface area contributed by atoms with E-state index in [1.165, 1.54) is 0 Å². The van der Waals surface area contributed by atoms with E-state index in [2.05, 4.69) is 5.10 Å². The van der Waals surface area contributed by atoms with Gasteiger partial charge in [0.1, 0.15) is 4.99 Å². The summed E-state index contributed by atoms with van der Waals surface area (Å²) in [6.07, 6.45) is 1.90. The average molecular weight is 231 g/mol. The molecule has 1 aromatic heterocycles. The molecular weight excluding hydrogens is 218 g/mol. The number of nitrogens with two attached hydrogens (primary N) is 1. The summed E-state index contributed by atoms with van der Waals surface area (Å²) in [5, 5.41) is 4.36. The van der Waals surface area contributed by atoms with Crippen molar-refractivity contribution >= 4 is 17.2 Å². The molecule has 2 N–H and O–H groups in total. The number of nitrogens with zero attached hydrogens (tertiary/aromatic N) is 2. The maximum Gasteiger partial charge on any atom is 0.106 e. The molecule has 2 aromatic rings. The second kappa shape index (κ2) is 4.06. The highest BCUT2D eigenvalue weighted by Crippen LogP contribution is 2.16. The average Bonchev–Trinajstić information content (AvgIpc) is 2.64. The first-order valence-corrected chi connectivity index (χ1v) is 5.42. The van der Waals surface area contributed by atoms with Crippen LogP contribution in [0.1, 0.15) is 16.8 Å². The second-order valence-corrected chi connectivity index (χ2v) is 4.23. The van der Waals surface area contributed by atoms with Gasteiger partial charge in [-0.2, -0.15) is 5.10 Å². The van der Waals surface area contributed by atoms with Gasteiger partial charge in [-0.15, -0.1) is 0 Å². The van der Waals surface area contributed by atoms with Crippen molar-refractivity contribution < 1.29 is 0 Å². The lowest BCUT2D eigenvalue weighted by atomic mass is 10.1. The number of thiocarbonyl (C=S) groups is 1. The fraction of sp³-hybridized carbons (Fsp3) is 0.167. The number of hydrogen-bond donors (Lipinski definition) is 1. The van der Waals surface area contributed by atoms with E-state index in [9.17, 15) is 0 Å². The highest BCUT2D eigenvalue weighted by molar-refractivity contribution is 7.80. The molecule has 1 aromatic carbocycles. The molecule has 0 spiro atoms. The van der Waals surface area contributed by atoms with Crippen LogP contribution in [0.2, 0.25) is 0 Å². The first-order valence-electron chi connectivity index (χ1n) is 5.01. The van der Waals surface area contributed by atoms with Crippen molar-refractivity contribution in [3.63, 3.8) is 0 Å². The fourth-order valence-electron chi connectivity index (χ4n) is 1.60. The number of benzene rings is 1. The first-order chi connectivity index (χ1) is 7.58. The van der Waals surface area contributed by atoms with E-state index in [0.29, 0.717) is 4.99 Å². The van der Waals surface area contributed by atoms with E-state index >= 15 is 0 Å². The fourth-order valence-corrected chi connectivity index (χ4v) is 1.76. The lowest BCUT2D eigenvalue weighted by molar-refractivity contribution is 0.860. The van der Waals surface area contributed by atoms with Crippen LogP contribution in [0.3, 0.4) is 0 Å². The van der Waals surface area contributed by atoms with Gasteiger partial charge in [-0.05, 0) is 32.0 Å². The number of aromatic nitrogens is 2. The Morgan fingerprint density at radius 2 is 2.06 bits per heavy atom. The van der Waals surface area contributed by atoms with Crippen LogP contribution in [-0.4, -0.2) is 14.8 Å². The third-order valence-electron chi connectivity index (χ3n) is 2.39. The third-order valence-corrected chi connectivity index (χ3v) is 2.61. The van der Waals surface area contributed by atoms with Gasteiger partial charge in [0.25, 0.3) is 0 Å². The normalized spacial score (nSPS) is 10.4. The van der Waals surface area contributed by atoms with Crippen molar-refractivity contribution in [2.75, 3.05) is 0 Å². The van der Waals surface area contributed by atoms with Crippen molar-refractivity contribution in [2.45, 2.75) is 13.8 Å². The van der Waals surface area contributed by atoms with Gasteiger partial charge in [0.05, 0.1) is 11.4 Å². The van der Waals surface area contributed by atoms with Crippen LogP contribution in [-0.2, 0) is 0 Å². The number of hydrogen-bond acceptors (Lipinski definition) is 2. The molecule has 0 aliphatic heterocycles. The smallest absolute Gasteiger partial charge is 0.106 e. The van der Waals surface area contributed by atoms with Gasteiger partial charge < -0.3 is 5.73 Å². The molecule has 1 heterocycles. The Kier molecular flexibility index (Phi) is 2.75. The van der Waals surface area contributed by atoms with Crippen molar-refractivity contribution in [2.24, 2.45) is 5.73 Å². The molecular formula is C12H13N3S. The molecule has 0 saturated carbocycles. The summed E-state index contributed by atoms with van der Waals surface area (Å²) in [6.45, 7) is 3.96. The van der Waals surface area contributed by atoms with Crippen LogP contribution in [0, 0.1) is 13.8 Å². The number of aryl methyl sites for hydroxylation is 2. The van der Waals surface area contributed by atoms with Crippen LogP contribution in [0.5, 0.6) is 0 Å². The molecule has 3 nitrogen and oxygen atoms in total. The monoisotopic (exact) mass is 231 g/mol. The zero-order valence-corrected chi connectivity index (χ0v) is 10.1. The summed E-state index contributed by atoms with van der Waals surface area (Å²) in [4.78, 5) is 0.395. The molecule has 0 aliphatic carbocycles. The number of rotatable bonds is 2. The van der Waals surface area contributed by atoms with Gasteiger partial charge in [-0.1, -0.05) is 23.8 Å². The third kappa shape index (κ3) is 1.97. The quantitative estimate of drug-likeness (QED) is 0.805. The molecule has 0 atom stereocenters. The van der Waals surface area contributed by atoms with Crippen molar-refractivity contribution in [1.82, 2.24) is 9.78 Å². The van der Waals surface area contributed by atoms with Gasteiger partial charge >= 0.3 is 0 Å². The van der Waals surface area contributed by atoms with Crippen LogP contribution >= 0.6 is 12.2 Å². The van der Waals surface area contributed by atoms with Gasteiger partial charge in [-0.25, -0.2) is 4.68 Å². The molecule has 82 valence electrons. The van der Waals surface area contributed by atoms with Gasteiger partial charge in [0.15, 0.2) is 0 Å². The molecule has 0 unspecified atom stereocenters. The predicted molar refractivity (Wildman–Crippen MR) is 68.9 cm³/mol. The van der Waals surface area contributed by atoms with Gasteiger partial charge in [0, 0.05) is 11.8 Å². The van der Waals surface area contributed by atoms with E-state index in [1.807, 2.05) is 44.3 Å². The molecule has 2 rings (SSSR count). The standard InChI is InChI=1S/C12H13N3S/c1-8-3-4-11(10(7-8)12(13)16)15-6-5-9(2)14-15/h3-7H,1-2H3,(H2,13,16). The maximum atomic E-state index is 5.72. The SMILES string of the molecule is Cc1ccc(-n2ccc(C)n2)c(C(N)=S)c1. The maximum absolute atomic E-state index is 5.72. The van der Waals surface area contributed by atoms with Crippen LogP contribution in [0.15, 0.2) is 30.5 Å². The van der Waals surface area contributed by atoms with Crippen molar-refractivity contribution in [3.05, 3.63) is 47.3 Å². The van der Waals surface area contributed by atoms with E-state index in [4.69, 9.17) is 18.0 Å². The predicted octanol–water partition coefficient (Wildman–Crippen LogP) is 2.12. The minimum Gasteiger partial charge on any atom is -0.389 e. The summed E-state index contributed by atoms with van der Waals surface area (Å²) in [5.74, 6) is 0. The van der Waals surface area contributed by atoms with Crippen LogP contribution in [0.25, 0.3) is 5.69 Å². The zero-order chi connectivity index (χ0) is 11.7. The van der Waals surface area contributed by atoms with E-state index in [0.717, 1.165) is 22.5 Å². The lowest BCUT2D eigenvalue weighted by Gasteiger charge is -2.09. The second-order valence-electron chi connectivity index (χ2n) is 3.79. The molecule has 0 amide bonds. The van der Waals surface area contributed by atoms with Crippen molar-refractivity contribution in [1.29, 1.82) is 0 Å². The van der Waals surface area contributed by atoms with E-state index in [-0.39, 0.29) is 0 Å². The Balaban J connectivity index is 2.60. The molecule has 0 fully saturated rings. The Labute approximate surface area is 99.9 Å². The lowest BCUT2D eigenvalue weighted by Crippen LogP contribution is -2.14. The first kappa shape index (κ1) is 10.8. The largest absolute Gasteiger partial charge is 0.389 e. The molecule has 0 radical (unpaired) electrons. The van der Waals surface area contributed by atoms with Gasteiger partial charge in [-0.3, -0.25) is 0 Å². The topological polar surface area (TPSA) is 43.8 Å². The van der Waals surface area contributed by atoms with Crippen LogP contribution < -0.4 is 5.73 Å². The molecule has 16 heavy (non-hydrogen) atoms. The summed E-state index contributed by atoms with van der Waals surface area (Å²) >= 11 is 5.05. The highest BCUT2D eigenvalue weighted by Gasteiger charge is 2.08. The molecule has 0 saturated heterocycles. The van der Waals surface area contributed by atoms with Gasteiger partial charge in [0.2, 0.25) is 0 Å². The zero-order valence-electron chi connectivity index (χ0n) is 9.27. The Hall–Kier alpha value is -1.68. The molecule has 0 bridgehead atoms. The summed E-state index contributed by atoms with van der Waals surface area (Å²) in [7, 11) is 0. The van der Waals surface area contributed by atoms with E-state index < -0.39 is 0 Å². The molecule has 4 heteroatoms. The minimum absolute atomic E-state index is 0.395. The summed E-state index contributed by atoms with van der Waals surface area (Å²) in [5.41, 5.74) is 9.60. The van der Waals surface area contributed by atoms with Crippen molar-refractivity contribution in [3.8, 4) is 5.69 Å².